The van der Waals surface area contributed by atoms with Gasteiger partial charge in [-0.25, -0.2) is 16.8 Å². The lowest BCUT2D eigenvalue weighted by atomic mass is 10.2. The molecule has 1 fully saturated rings. The van der Waals surface area contributed by atoms with Crippen molar-refractivity contribution in [1.82, 2.24) is 0 Å². The van der Waals surface area contributed by atoms with Gasteiger partial charge in [0.2, 0.25) is 0 Å². The Labute approximate surface area is 166 Å². The summed E-state index contributed by atoms with van der Waals surface area (Å²) in [6, 6.07) is 13.3. The summed E-state index contributed by atoms with van der Waals surface area (Å²) in [7, 11) is -7.00. The van der Waals surface area contributed by atoms with E-state index in [1.54, 1.807) is 48.5 Å². The fourth-order valence-electron chi connectivity index (χ4n) is 2.95. The SMILES string of the molecule is Cc1ccc(S(=O)(=O)C[C@@H]2CO[C@H](CS(=O)(=O)c3ccc(C)cc3)CO2)cc1. The van der Waals surface area contributed by atoms with Gasteiger partial charge in [-0.1, -0.05) is 35.4 Å². The second-order valence-electron chi connectivity index (χ2n) is 7.10. The van der Waals surface area contributed by atoms with Crippen molar-refractivity contribution >= 4 is 19.7 Å². The van der Waals surface area contributed by atoms with Crippen molar-refractivity contribution in [3.8, 4) is 0 Å². The molecule has 6 nitrogen and oxygen atoms in total. The summed E-state index contributed by atoms with van der Waals surface area (Å²) in [5.41, 5.74) is 1.96. The Kier molecular flexibility index (Phi) is 6.24. The molecular formula is C20H24O6S2. The third kappa shape index (κ3) is 5.20. The molecule has 0 aliphatic carbocycles. The highest BCUT2D eigenvalue weighted by molar-refractivity contribution is 7.91. The fourth-order valence-corrected chi connectivity index (χ4v) is 5.80. The summed E-state index contributed by atoms with van der Waals surface area (Å²) in [5, 5.41) is 0. The van der Waals surface area contributed by atoms with Crippen molar-refractivity contribution in [2.75, 3.05) is 24.7 Å². The number of benzene rings is 2. The van der Waals surface area contributed by atoms with Crippen LogP contribution in [0.5, 0.6) is 0 Å². The van der Waals surface area contributed by atoms with Gasteiger partial charge in [-0.2, -0.15) is 0 Å². The van der Waals surface area contributed by atoms with Gasteiger partial charge in [0.1, 0.15) is 0 Å². The summed E-state index contributed by atoms with van der Waals surface area (Å²) >= 11 is 0. The molecule has 0 amide bonds. The zero-order valence-corrected chi connectivity index (χ0v) is 17.5. The molecule has 1 saturated heterocycles. The Morgan fingerprint density at radius 1 is 0.679 bits per heavy atom. The van der Waals surface area contributed by atoms with Gasteiger partial charge in [-0.05, 0) is 38.1 Å². The van der Waals surface area contributed by atoms with Crippen LogP contribution in [-0.4, -0.2) is 53.8 Å². The Balaban J connectivity index is 1.57. The first-order valence-corrected chi connectivity index (χ1v) is 12.3. The van der Waals surface area contributed by atoms with Gasteiger partial charge in [0.05, 0.1) is 46.7 Å². The number of hydrogen-bond acceptors (Lipinski definition) is 6. The van der Waals surface area contributed by atoms with Gasteiger partial charge in [-0.15, -0.1) is 0 Å². The predicted molar refractivity (Wildman–Crippen MR) is 106 cm³/mol. The van der Waals surface area contributed by atoms with E-state index < -0.39 is 31.9 Å². The minimum Gasteiger partial charge on any atom is -0.372 e. The van der Waals surface area contributed by atoms with E-state index in [0.29, 0.717) is 0 Å². The molecule has 2 aromatic rings. The van der Waals surface area contributed by atoms with E-state index in [1.165, 1.54) is 0 Å². The largest absolute Gasteiger partial charge is 0.372 e. The van der Waals surface area contributed by atoms with Crippen LogP contribution in [0.3, 0.4) is 0 Å². The summed E-state index contributed by atoms with van der Waals surface area (Å²) in [6.07, 6.45) is -1.24. The Morgan fingerprint density at radius 3 is 1.29 bits per heavy atom. The standard InChI is InChI=1S/C20H24O6S2/c1-15-3-7-19(8-4-15)27(21,22)13-17-11-26-18(12-25-17)14-28(23,24)20-9-5-16(2)6-10-20/h3-10,17-18H,11-14H2,1-2H3/t17-,18-/m0/s1. The minimum atomic E-state index is -3.50. The molecule has 1 aliphatic heterocycles. The van der Waals surface area contributed by atoms with Crippen molar-refractivity contribution in [3.63, 3.8) is 0 Å². The normalized spacial score (nSPS) is 20.8. The third-order valence-corrected chi connectivity index (χ3v) is 8.21. The van der Waals surface area contributed by atoms with Gasteiger partial charge < -0.3 is 9.47 Å². The maximum Gasteiger partial charge on any atom is 0.181 e. The molecule has 2 atom stereocenters. The molecule has 1 aliphatic rings. The topological polar surface area (TPSA) is 86.7 Å². The summed E-state index contributed by atoms with van der Waals surface area (Å²) < 4.78 is 61.2. The van der Waals surface area contributed by atoms with Crippen LogP contribution in [0.2, 0.25) is 0 Å². The minimum absolute atomic E-state index is 0.0408. The molecule has 1 heterocycles. The number of aryl methyl sites for hydroxylation is 2. The smallest absolute Gasteiger partial charge is 0.181 e. The van der Waals surface area contributed by atoms with Gasteiger partial charge >= 0.3 is 0 Å². The van der Waals surface area contributed by atoms with Crippen LogP contribution in [0, 0.1) is 13.8 Å². The molecule has 0 N–H and O–H groups in total. The van der Waals surface area contributed by atoms with Crippen LogP contribution in [0.25, 0.3) is 0 Å². The van der Waals surface area contributed by atoms with E-state index >= 15 is 0 Å². The van der Waals surface area contributed by atoms with Gasteiger partial charge in [0, 0.05) is 0 Å². The molecular weight excluding hydrogens is 400 g/mol. The van der Waals surface area contributed by atoms with E-state index in [4.69, 9.17) is 9.47 Å². The lowest BCUT2D eigenvalue weighted by Crippen LogP contribution is -2.42. The lowest BCUT2D eigenvalue weighted by molar-refractivity contribution is -0.116. The Hall–Kier alpha value is -1.74. The van der Waals surface area contributed by atoms with Crippen LogP contribution < -0.4 is 0 Å². The van der Waals surface area contributed by atoms with Crippen LogP contribution >= 0.6 is 0 Å². The third-order valence-electron chi connectivity index (χ3n) is 4.61. The highest BCUT2D eigenvalue weighted by Crippen LogP contribution is 2.19. The van der Waals surface area contributed by atoms with Gasteiger partial charge in [0.15, 0.2) is 19.7 Å². The quantitative estimate of drug-likeness (QED) is 0.707. The average Bonchev–Trinajstić information content (AvgIpc) is 2.64. The fraction of sp³-hybridized carbons (Fsp3) is 0.400. The first-order valence-electron chi connectivity index (χ1n) is 8.98. The van der Waals surface area contributed by atoms with E-state index in [2.05, 4.69) is 0 Å². The number of rotatable bonds is 6. The van der Waals surface area contributed by atoms with E-state index in [9.17, 15) is 16.8 Å². The van der Waals surface area contributed by atoms with Crippen molar-refractivity contribution in [2.24, 2.45) is 0 Å². The van der Waals surface area contributed by atoms with Crippen LogP contribution in [-0.2, 0) is 29.1 Å². The monoisotopic (exact) mass is 424 g/mol. The molecule has 0 spiro atoms. The van der Waals surface area contributed by atoms with Gasteiger partial charge in [0.25, 0.3) is 0 Å². The van der Waals surface area contributed by atoms with Crippen molar-refractivity contribution < 1.29 is 26.3 Å². The molecule has 3 rings (SSSR count). The number of sulfone groups is 2. The van der Waals surface area contributed by atoms with Crippen LogP contribution in [0.1, 0.15) is 11.1 Å². The summed E-state index contributed by atoms with van der Waals surface area (Å²) in [4.78, 5) is 0.483. The number of ether oxygens (including phenoxy) is 2. The predicted octanol–water partition coefficient (Wildman–Crippen LogP) is 2.34. The molecule has 8 heteroatoms. The van der Waals surface area contributed by atoms with Crippen molar-refractivity contribution in [1.29, 1.82) is 0 Å². The number of hydrogen-bond donors (Lipinski definition) is 0. The Bertz CT molecular complexity index is 916. The summed E-state index contributed by atoms with van der Waals surface area (Å²) in [6.45, 7) is 3.86. The van der Waals surface area contributed by atoms with E-state index in [1.807, 2.05) is 13.8 Å². The van der Waals surface area contributed by atoms with Crippen LogP contribution in [0.4, 0.5) is 0 Å². The maximum atomic E-state index is 12.5. The zero-order valence-electron chi connectivity index (χ0n) is 15.9. The lowest BCUT2D eigenvalue weighted by Gasteiger charge is -2.29. The molecule has 28 heavy (non-hydrogen) atoms. The average molecular weight is 425 g/mol. The molecule has 0 unspecified atom stereocenters. The first kappa shape index (κ1) is 21.0. The first-order chi connectivity index (χ1) is 13.2. The highest BCUT2D eigenvalue weighted by Gasteiger charge is 2.30. The van der Waals surface area contributed by atoms with E-state index in [-0.39, 0.29) is 34.5 Å². The van der Waals surface area contributed by atoms with E-state index in [0.717, 1.165) is 11.1 Å². The molecule has 0 aromatic heterocycles. The second-order valence-corrected chi connectivity index (χ2v) is 11.2. The molecule has 2 aromatic carbocycles. The van der Waals surface area contributed by atoms with Crippen molar-refractivity contribution in [3.05, 3.63) is 59.7 Å². The highest BCUT2D eigenvalue weighted by atomic mass is 32.2. The molecule has 0 saturated carbocycles. The van der Waals surface area contributed by atoms with Crippen LogP contribution in [0.15, 0.2) is 58.3 Å². The zero-order chi connectivity index (χ0) is 20.4. The Morgan fingerprint density at radius 2 is 1.00 bits per heavy atom. The second kappa shape index (κ2) is 8.32. The maximum absolute atomic E-state index is 12.5. The molecule has 0 radical (unpaired) electrons. The summed E-state index contributed by atoms with van der Waals surface area (Å²) in [5.74, 6) is -0.402. The van der Waals surface area contributed by atoms with Crippen molar-refractivity contribution in [2.45, 2.75) is 35.8 Å². The molecule has 152 valence electrons. The molecule has 0 bridgehead atoms. The van der Waals surface area contributed by atoms with Gasteiger partial charge in [-0.3, -0.25) is 0 Å².